The molecule has 1 aliphatic rings. The number of benzene rings is 3. The molecule has 4 aromatic rings. The summed E-state index contributed by atoms with van der Waals surface area (Å²) in [7, 11) is 0. The molecule has 0 radical (unpaired) electrons. The van der Waals surface area contributed by atoms with Crippen LogP contribution in [0, 0.1) is 6.92 Å². The maximum Gasteiger partial charge on any atom is 0.251 e. The maximum absolute atomic E-state index is 13.4. The number of fused-ring (bicyclic) bond motifs is 1. The molecule has 5 rings (SSSR count). The number of carbonyl (C=O) groups excluding carboxylic acids is 1. The van der Waals surface area contributed by atoms with Crippen molar-refractivity contribution < 1.29 is 9.53 Å². The summed E-state index contributed by atoms with van der Waals surface area (Å²) in [6.45, 7) is 4.91. The van der Waals surface area contributed by atoms with Crippen LogP contribution in [0.25, 0.3) is 0 Å². The van der Waals surface area contributed by atoms with Crippen LogP contribution in [0.15, 0.2) is 96.5 Å². The predicted molar refractivity (Wildman–Crippen MR) is 135 cm³/mol. The minimum atomic E-state index is -0.407. The normalized spacial score (nSPS) is 14.7. The highest BCUT2D eigenvalue weighted by atomic mass is 16.5. The highest BCUT2D eigenvalue weighted by Gasteiger charge is 2.33. The number of carbonyl (C=O) groups is 1. The maximum atomic E-state index is 13.4. The van der Waals surface area contributed by atoms with Gasteiger partial charge < -0.3 is 15.4 Å². The van der Waals surface area contributed by atoms with Gasteiger partial charge in [0.15, 0.2) is 0 Å². The Kier molecular flexibility index (Phi) is 6.30. The van der Waals surface area contributed by atoms with Gasteiger partial charge in [0, 0.05) is 12.2 Å². The Bertz CT molecular complexity index is 1360. The Hall–Kier alpha value is -4.39. The predicted octanol–water partition coefficient (Wildman–Crippen LogP) is 4.77. The van der Waals surface area contributed by atoms with Gasteiger partial charge in [-0.2, -0.15) is 10.1 Å². The molecule has 3 aromatic carbocycles. The first kappa shape index (κ1) is 22.4. The molecular weight excluding hydrogens is 438 g/mol. The lowest BCUT2D eigenvalue weighted by molar-refractivity contribution is -0.118. The highest BCUT2D eigenvalue weighted by molar-refractivity contribution is 5.96. The summed E-state index contributed by atoms with van der Waals surface area (Å²) in [5.41, 5.74) is 5.66. The van der Waals surface area contributed by atoms with Crippen molar-refractivity contribution in [3.8, 4) is 5.75 Å². The minimum Gasteiger partial charge on any atom is -0.489 e. The third-order valence-corrected chi connectivity index (χ3v) is 6.19. The molecule has 1 atom stereocenters. The van der Waals surface area contributed by atoms with Crippen LogP contribution in [-0.2, 0) is 17.9 Å². The van der Waals surface area contributed by atoms with Crippen LogP contribution in [0.3, 0.4) is 0 Å². The van der Waals surface area contributed by atoms with Crippen LogP contribution in [0.5, 0.6) is 5.75 Å². The second-order valence-corrected chi connectivity index (χ2v) is 8.55. The quantitative estimate of drug-likeness (QED) is 0.411. The summed E-state index contributed by atoms with van der Waals surface area (Å²) in [6, 6.07) is 25.5. The van der Waals surface area contributed by atoms with E-state index in [1.54, 1.807) is 4.68 Å². The number of hydrogen-bond acceptors (Lipinski definition) is 5. The van der Waals surface area contributed by atoms with Gasteiger partial charge in [0.1, 0.15) is 24.7 Å². The van der Waals surface area contributed by atoms with Gasteiger partial charge >= 0.3 is 0 Å². The van der Waals surface area contributed by atoms with Crippen molar-refractivity contribution in [2.75, 3.05) is 5.32 Å². The first-order valence-electron chi connectivity index (χ1n) is 11.6. The van der Waals surface area contributed by atoms with E-state index < -0.39 is 6.04 Å². The Morgan fingerprint density at radius 3 is 2.51 bits per heavy atom. The molecular formula is C28H27N5O2. The van der Waals surface area contributed by atoms with Gasteiger partial charge in [-0.1, -0.05) is 66.7 Å². The number of aryl methyl sites for hydroxylation is 1. The average molecular weight is 466 g/mol. The zero-order chi connectivity index (χ0) is 24.2. The molecule has 0 aliphatic carbocycles. The SMILES string of the molecule is CC1=C(C(=O)NCc2ccccc2)[C@@H](c2ccc(OCc3ccccc3C)cc2)n2ncnc2N1. The molecule has 0 fully saturated rings. The van der Waals surface area contributed by atoms with Gasteiger partial charge in [0.2, 0.25) is 5.95 Å². The Morgan fingerprint density at radius 2 is 1.74 bits per heavy atom. The standard InChI is InChI=1S/C28H27N5O2/c1-19-8-6-7-11-23(19)17-35-24-14-12-22(13-15-24)26-25(20(2)32-28-30-18-31-33(26)28)27(34)29-16-21-9-4-3-5-10-21/h3-15,18,26H,16-17H2,1-2H3,(H,29,34)(H,30,31,32)/t26-/m1/s1. The number of rotatable bonds is 7. The van der Waals surface area contributed by atoms with Gasteiger partial charge in [0.25, 0.3) is 5.91 Å². The van der Waals surface area contributed by atoms with E-state index in [1.165, 1.54) is 11.9 Å². The lowest BCUT2D eigenvalue weighted by atomic mass is 9.95. The molecule has 35 heavy (non-hydrogen) atoms. The molecule has 0 saturated heterocycles. The molecule has 0 saturated carbocycles. The molecule has 0 spiro atoms. The number of nitrogens with zero attached hydrogens (tertiary/aromatic N) is 3. The fourth-order valence-electron chi connectivity index (χ4n) is 4.25. The Morgan fingerprint density at radius 1 is 1.00 bits per heavy atom. The molecule has 7 nitrogen and oxygen atoms in total. The van der Waals surface area contributed by atoms with Crippen LogP contribution in [0.1, 0.15) is 35.2 Å². The molecule has 1 aromatic heterocycles. The first-order valence-corrected chi connectivity index (χ1v) is 11.6. The number of nitrogens with one attached hydrogen (secondary N) is 2. The number of amides is 1. The minimum absolute atomic E-state index is 0.148. The zero-order valence-electron chi connectivity index (χ0n) is 19.7. The van der Waals surface area contributed by atoms with E-state index in [0.717, 1.165) is 28.1 Å². The summed E-state index contributed by atoms with van der Waals surface area (Å²) < 4.78 is 7.76. The highest BCUT2D eigenvalue weighted by Crippen LogP contribution is 2.35. The summed E-state index contributed by atoms with van der Waals surface area (Å²) in [4.78, 5) is 17.7. The van der Waals surface area contributed by atoms with Crippen molar-refractivity contribution in [1.82, 2.24) is 20.1 Å². The van der Waals surface area contributed by atoms with E-state index in [1.807, 2.05) is 73.7 Å². The van der Waals surface area contributed by atoms with Gasteiger partial charge in [-0.3, -0.25) is 4.79 Å². The number of allylic oxidation sites excluding steroid dienone is 1. The van der Waals surface area contributed by atoms with Crippen molar-refractivity contribution in [2.45, 2.75) is 33.0 Å². The number of hydrogen-bond donors (Lipinski definition) is 2. The van der Waals surface area contributed by atoms with Crippen LogP contribution < -0.4 is 15.4 Å². The molecule has 1 amide bonds. The monoisotopic (exact) mass is 465 g/mol. The Labute approximate surface area is 204 Å². The third kappa shape index (κ3) is 4.80. The van der Waals surface area contributed by atoms with E-state index in [2.05, 4.69) is 39.8 Å². The lowest BCUT2D eigenvalue weighted by Gasteiger charge is -2.28. The van der Waals surface area contributed by atoms with Gasteiger partial charge in [-0.05, 0) is 48.2 Å². The van der Waals surface area contributed by atoms with Crippen molar-refractivity contribution in [2.24, 2.45) is 0 Å². The summed E-state index contributed by atoms with van der Waals surface area (Å²) >= 11 is 0. The van der Waals surface area contributed by atoms with E-state index in [9.17, 15) is 4.79 Å². The largest absolute Gasteiger partial charge is 0.489 e. The van der Waals surface area contributed by atoms with E-state index in [0.29, 0.717) is 24.7 Å². The first-order chi connectivity index (χ1) is 17.1. The molecule has 176 valence electrons. The molecule has 1 aliphatic heterocycles. The van der Waals surface area contributed by atoms with Crippen LogP contribution in [0.4, 0.5) is 5.95 Å². The van der Waals surface area contributed by atoms with Gasteiger partial charge in [0.05, 0.1) is 5.57 Å². The van der Waals surface area contributed by atoms with E-state index >= 15 is 0 Å². The third-order valence-electron chi connectivity index (χ3n) is 6.19. The van der Waals surface area contributed by atoms with Gasteiger partial charge in [-0.25, -0.2) is 4.68 Å². The summed E-state index contributed by atoms with van der Waals surface area (Å²) in [5, 5.41) is 10.7. The van der Waals surface area contributed by atoms with Crippen LogP contribution >= 0.6 is 0 Å². The number of aromatic nitrogens is 3. The van der Waals surface area contributed by atoms with Crippen molar-refractivity contribution in [3.05, 3.63) is 119 Å². The lowest BCUT2D eigenvalue weighted by Crippen LogP contribution is -2.34. The fourth-order valence-corrected chi connectivity index (χ4v) is 4.25. The molecule has 0 unspecified atom stereocenters. The van der Waals surface area contributed by atoms with Crippen molar-refractivity contribution in [3.63, 3.8) is 0 Å². The molecule has 0 bridgehead atoms. The zero-order valence-corrected chi connectivity index (χ0v) is 19.7. The van der Waals surface area contributed by atoms with Crippen molar-refractivity contribution >= 4 is 11.9 Å². The summed E-state index contributed by atoms with van der Waals surface area (Å²) in [6.07, 6.45) is 1.49. The Balaban J connectivity index is 1.38. The molecule has 2 heterocycles. The van der Waals surface area contributed by atoms with E-state index in [-0.39, 0.29) is 5.91 Å². The smallest absolute Gasteiger partial charge is 0.251 e. The number of ether oxygens (including phenoxy) is 1. The van der Waals surface area contributed by atoms with Crippen LogP contribution in [0.2, 0.25) is 0 Å². The van der Waals surface area contributed by atoms with Crippen LogP contribution in [-0.4, -0.2) is 20.7 Å². The van der Waals surface area contributed by atoms with Gasteiger partial charge in [-0.15, -0.1) is 0 Å². The second-order valence-electron chi connectivity index (χ2n) is 8.55. The summed E-state index contributed by atoms with van der Waals surface area (Å²) in [5.74, 6) is 1.22. The fraction of sp³-hybridized carbons (Fsp3) is 0.179. The topological polar surface area (TPSA) is 81.1 Å². The van der Waals surface area contributed by atoms with Crippen molar-refractivity contribution in [1.29, 1.82) is 0 Å². The molecule has 7 heteroatoms. The second kappa shape index (κ2) is 9.85. The average Bonchev–Trinajstić information content (AvgIpc) is 3.35. The molecule has 2 N–H and O–H groups in total. The number of anilines is 1. The van der Waals surface area contributed by atoms with E-state index in [4.69, 9.17) is 4.74 Å².